The van der Waals surface area contributed by atoms with Crippen LogP contribution >= 0.6 is 22.9 Å². The number of halogens is 1. The molecule has 1 aromatic carbocycles. The largest absolute Gasteiger partial charge is 0.344 e. The second-order valence-corrected chi connectivity index (χ2v) is 7.10. The van der Waals surface area contributed by atoms with Crippen molar-refractivity contribution in [3.05, 3.63) is 50.8 Å². The van der Waals surface area contributed by atoms with Crippen LogP contribution in [-0.4, -0.2) is 19.9 Å². The SMILES string of the molecule is CCN(c1ccccc1Cl)S(=O)(=O)c1ccsc1[N+](=O)[O-]. The van der Waals surface area contributed by atoms with Crippen molar-refractivity contribution in [3.63, 3.8) is 0 Å². The summed E-state index contributed by atoms with van der Waals surface area (Å²) in [5.41, 5.74) is 0.294. The topological polar surface area (TPSA) is 80.5 Å². The van der Waals surface area contributed by atoms with Crippen LogP contribution in [0.3, 0.4) is 0 Å². The summed E-state index contributed by atoms with van der Waals surface area (Å²) in [6.45, 7) is 1.75. The van der Waals surface area contributed by atoms with Gasteiger partial charge in [-0.25, -0.2) is 8.42 Å². The molecule has 0 aliphatic heterocycles. The molecular formula is C12H11ClN2O4S2. The van der Waals surface area contributed by atoms with E-state index in [2.05, 4.69) is 0 Å². The smallest absolute Gasteiger partial charge is 0.265 e. The predicted octanol–water partition coefficient (Wildman–Crippen LogP) is 3.52. The molecule has 0 bridgehead atoms. The zero-order valence-electron chi connectivity index (χ0n) is 10.9. The van der Waals surface area contributed by atoms with Crippen molar-refractivity contribution in [2.45, 2.75) is 11.8 Å². The molecule has 0 saturated carbocycles. The van der Waals surface area contributed by atoms with Crippen LogP contribution in [0.5, 0.6) is 0 Å². The molecule has 1 heterocycles. The van der Waals surface area contributed by atoms with E-state index in [9.17, 15) is 18.5 Å². The molecule has 0 aliphatic carbocycles. The van der Waals surface area contributed by atoms with Crippen LogP contribution in [0, 0.1) is 10.1 Å². The first-order valence-electron chi connectivity index (χ1n) is 5.88. The molecule has 0 fully saturated rings. The Balaban J connectivity index is 2.58. The third kappa shape index (κ3) is 2.87. The van der Waals surface area contributed by atoms with Crippen LogP contribution in [0.4, 0.5) is 10.7 Å². The summed E-state index contributed by atoms with van der Waals surface area (Å²) in [6, 6.07) is 7.69. The Morgan fingerprint density at radius 3 is 2.57 bits per heavy atom. The number of rotatable bonds is 5. The van der Waals surface area contributed by atoms with Gasteiger partial charge >= 0.3 is 5.00 Å². The minimum atomic E-state index is -4.04. The molecule has 21 heavy (non-hydrogen) atoms. The molecule has 2 rings (SSSR count). The first kappa shape index (κ1) is 15.7. The quantitative estimate of drug-likeness (QED) is 0.612. The Labute approximate surface area is 130 Å². The Kier molecular flexibility index (Phi) is 4.50. The summed E-state index contributed by atoms with van der Waals surface area (Å²) in [4.78, 5) is 9.93. The summed E-state index contributed by atoms with van der Waals surface area (Å²) < 4.78 is 26.4. The van der Waals surface area contributed by atoms with Gasteiger partial charge < -0.3 is 0 Å². The second kappa shape index (κ2) is 6.00. The number of anilines is 1. The van der Waals surface area contributed by atoms with Crippen molar-refractivity contribution < 1.29 is 13.3 Å². The Bertz CT molecular complexity index is 773. The molecule has 1 aromatic heterocycles. The van der Waals surface area contributed by atoms with E-state index in [-0.39, 0.29) is 16.5 Å². The highest BCUT2D eigenvalue weighted by Gasteiger charge is 2.33. The lowest BCUT2D eigenvalue weighted by molar-refractivity contribution is -0.383. The van der Waals surface area contributed by atoms with Crippen molar-refractivity contribution in [2.24, 2.45) is 0 Å². The van der Waals surface area contributed by atoms with E-state index in [1.165, 1.54) is 11.4 Å². The number of para-hydroxylation sites is 1. The number of hydrogen-bond acceptors (Lipinski definition) is 5. The minimum absolute atomic E-state index is 0.110. The zero-order chi connectivity index (χ0) is 15.6. The van der Waals surface area contributed by atoms with E-state index < -0.39 is 19.9 Å². The van der Waals surface area contributed by atoms with Crippen LogP contribution < -0.4 is 4.31 Å². The van der Waals surface area contributed by atoms with Gasteiger partial charge in [0.25, 0.3) is 10.0 Å². The van der Waals surface area contributed by atoms with Crippen LogP contribution in [0.25, 0.3) is 0 Å². The Hall–Kier alpha value is -1.64. The molecule has 2 aromatic rings. The molecule has 112 valence electrons. The number of hydrogen-bond donors (Lipinski definition) is 0. The zero-order valence-corrected chi connectivity index (χ0v) is 13.3. The van der Waals surface area contributed by atoms with Crippen molar-refractivity contribution in [3.8, 4) is 0 Å². The molecule has 0 spiro atoms. The standard InChI is InChI=1S/C12H11ClN2O4S2/c1-2-14(10-6-4-3-5-9(10)13)21(18,19)11-7-8-20-12(11)15(16)17/h3-8H,2H2,1H3. The minimum Gasteiger partial charge on any atom is -0.265 e. The highest BCUT2D eigenvalue weighted by atomic mass is 35.5. The molecular weight excluding hydrogens is 336 g/mol. The number of thiophene rings is 1. The number of nitro groups is 1. The molecule has 9 heteroatoms. The van der Waals surface area contributed by atoms with Gasteiger partial charge in [-0.1, -0.05) is 35.1 Å². The maximum absolute atomic E-state index is 12.7. The average Bonchev–Trinajstić information content (AvgIpc) is 2.91. The molecule has 0 saturated heterocycles. The predicted molar refractivity (Wildman–Crippen MR) is 82.6 cm³/mol. The highest BCUT2D eigenvalue weighted by molar-refractivity contribution is 7.93. The van der Waals surface area contributed by atoms with Gasteiger partial charge in [0.15, 0.2) is 4.90 Å². The van der Waals surface area contributed by atoms with Crippen LogP contribution in [-0.2, 0) is 10.0 Å². The first-order valence-corrected chi connectivity index (χ1v) is 8.58. The summed E-state index contributed by atoms with van der Waals surface area (Å²) in [5, 5.41) is 12.2. The van der Waals surface area contributed by atoms with Gasteiger partial charge in [0.2, 0.25) is 0 Å². The van der Waals surface area contributed by atoms with Gasteiger partial charge in [-0.15, -0.1) is 0 Å². The highest BCUT2D eigenvalue weighted by Crippen LogP contribution is 2.35. The average molecular weight is 347 g/mol. The lowest BCUT2D eigenvalue weighted by atomic mass is 10.3. The number of sulfonamides is 1. The fraction of sp³-hybridized carbons (Fsp3) is 0.167. The van der Waals surface area contributed by atoms with E-state index in [0.717, 1.165) is 15.6 Å². The molecule has 0 atom stereocenters. The summed E-state index contributed by atoms with van der Waals surface area (Å²) in [5.74, 6) is 0. The monoisotopic (exact) mass is 346 g/mol. The van der Waals surface area contributed by atoms with Crippen molar-refractivity contribution in [1.82, 2.24) is 0 Å². The van der Waals surface area contributed by atoms with Crippen molar-refractivity contribution >= 4 is 43.6 Å². The van der Waals surface area contributed by atoms with Gasteiger partial charge in [-0.05, 0) is 30.5 Å². The van der Waals surface area contributed by atoms with Crippen LogP contribution in [0.1, 0.15) is 6.92 Å². The fourth-order valence-electron chi connectivity index (χ4n) is 1.86. The van der Waals surface area contributed by atoms with Crippen LogP contribution in [0.2, 0.25) is 5.02 Å². The second-order valence-electron chi connectivity index (χ2n) is 3.97. The van der Waals surface area contributed by atoms with Gasteiger partial charge in [-0.3, -0.25) is 14.4 Å². The summed E-state index contributed by atoms with van der Waals surface area (Å²) >= 11 is 6.80. The molecule has 0 aliphatic rings. The van der Waals surface area contributed by atoms with E-state index in [1.54, 1.807) is 31.2 Å². The van der Waals surface area contributed by atoms with E-state index in [4.69, 9.17) is 11.6 Å². The Morgan fingerprint density at radius 2 is 2.00 bits per heavy atom. The Morgan fingerprint density at radius 1 is 1.33 bits per heavy atom. The van der Waals surface area contributed by atoms with Gasteiger partial charge in [-0.2, -0.15) is 0 Å². The van der Waals surface area contributed by atoms with E-state index in [1.807, 2.05) is 0 Å². The van der Waals surface area contributed by atoms with Crippen molar-refractivity contribution in [2.75, 3.05) is 10.8 Å². The van der Waals surface area contributed by atoms with Crippen molar-refractivity contribution in [1.29, 1.82) is 0 Å². The summed E-state index contributed by atoms with van der Waals surface area (Å²) in [6.07, 6.45) is 0. The van der Waals surface area contributed by atoms with E-state index >= 15 is 0 Å². The molecule has 0 amide bonds. The van der Waals surface area contributed by atoms with Crippen LogP contribution in [0.15, 0.2) is 40.6 Å². The lowest BCUT2D eigenvalue weighted by Gasteiger charge is -2.22. The molecule has 6 nitrogen and oxygen atoms in total. The maximum Gasteiger partial charge on any atom is 0.344 e. The number of benzene rings is 1. The normalized spacial score (nSPS) is 11.3. The molecule has 0 N–H and O–H groups in total. The first-order chi connectivity index (χ1) is 9.89. The third-order valence-electron chi connectivity index (χ3n) is 2.75. The van der Waals surface area contributed by atoms with Gasteiger partial charge in [0.05, 0.1) is 15.6 Å². The van der Waals surface area contributed by atoms with Gasteiger partial charge in [0.1, 0.15) is 0 Å². The molecule has 0 unspecified atom stereocenters. The fourth-order valence-corrected chi connectivity index (χ4v) is 4.83. The lowest BCUT2D eigenvalue weighted by Crippen LogP contribution is -2.31. The maximum atomic E-state index is 12.7. The number of nitrogens with zero attached hydrogens (tertiary/aromatic N) is 2. The molecule has 0 radical (unpaired) electrons. The summed E-state index contributed by atoms with van der Waals surface area (Å²) in [7, 11) is -4.04. The van der Waals surface area contributed by atoms with E-state index in [0.29, 0.717) is 5.69 Å². The van der Waals surface area contributed by atoms with Gasteiger partial charge in [0, 0.05) is 6.54 Å². The third-order valence-corrected chi connectivity index (χ3v) is 5.99.